The van der Waals surface area contributed by atoms with E-state index in [2.05, 4.69) is 11.8 Å². The van der Waals surface area contributed by atoms with Gasteiger partial charge in [-0.05, 0) is 38.6 Å². The van der Waals surface area contributed by atoms with Crippen molar-refractivity contribution in [3.05, 3.63) is 0 Å². The Morgan fingerprint density at radius 3 is 2.25 bits per heavy atom. The molecule has 0 bridgehead atoms. The summed E-state index contributed by atoms with van der Waals surface area (Å²) in [5, 5.41) is 0. The van der Waals surface area contributed by atoms with Crippen LogP contribution in [0.25, 0.3) is 0 Å². The average Bonchev–Trinajstić information content (AvgIpc) is 2.84. The largest absolute Gasteiger partial charge is 0.342 e. The lowest BCUT2D eigenvalue weighted by Crippen LogP contribution is -2.47. The van der Waals surface area contributed by atoms with Crippen LogP contribution in [0, 0.1) is 5.92 Å². The second kappa shape index (κ2) is 9.08. The molecule has 1 aliphatic carbocycles. The van der Waals surface area contributed by atoms with E-state index in [0.717, 1.165) is 51.7 Å². The Kier molecular flexibility index (Phi) is 9.07. The molecular formula is C14H29Cl2N3O. The third kappa shape index (κ3) is 4.76. The summed E-state index contributed by atoms with van der Waals surface area (Å²) in [4.78, 5) is 16.9. The maximum atomic E-state index is 12.4. The summed E-state index contributed by atoms with van der Waals surface area (Å²) in [7, 11) is 1.98. The summed E-state index contributed by atoms with van der Waals surface area (Å²) in [5.41, 5.74) is 5.90. The number of halogens is 2. The molecule has 1 saturated heterocycles. The van der Waals surface area contributed by atoms with Crippen molar-refractivity contribution < 1.29 is 4.79 Å². The van der Waals surface area contributed by atoms with E-state index in [1.54, 1.807) is 0 Å². The third-order valence-electron chi connectivity index (χ3n) is 4.72. The minimum Gasteiger partial charge on any atom is -0.342 e. The molecule has 6 heteroatoms. The first-order valence-corrected chi connectivity index (χ1v) is 7.36. The minimum absolute atomic E-state index is 0. The fourth-order valence-corrected chi connectivity index (χ4v) is 3.33. The van der Waals surface area contributed by atoms with Crippen molar-refractivity contribution in [1.82, 2.24) is 9.80 Å². The van der Waals surface area contributed by atoms with Crippen LogP contribution in [0.15, 0.2) is 0 Å². The predicted octanol–water partition coefficient (Wildman–Crippen LogP) is 1.90. The number of amides is 1. The number of likely N-dealkylation sites (tertiary alicyclic amines) is 1. The van der Waals surface area contributed by atoms with E-state index < -0.39 is 0 Å². The molecule has 1 amide bonds. The van der Waals surface area contributed by atoms with Gasteiger partial charge in [0.2, 0.25) is 5.91 Å². The highest BCUT2D eigenvalue weighted by Crippen LogP contribution is 2.27. The number of nitrogens with two attached hydrogens (primary N) is 1. The zero-order valence-electron chi connectivity index (χ0n) is 12.6. The zero-order valence-corrected chi connectivity index (χ0v) is 14.2. The molecule has 0 aromatic heterocycles. The molecule has 0 radical (unpaired) electrons. The lowest BCUT2D eigenvalue weighted by molar-refractivity contribution is -0.137. The van der Waals surface area contributed by atoms with Gasteiger partial charge in [-0.1, -0.05) is 6.92 Å². The molecular weight excluding hydrogens is 297 g/mol. The number of carbonyl (C=O) groups is 1. The van der Waals surface area contributed by atoms with Gasteiger partial charge in [-0.3, -0.25) is 4.79 Å². The highest BCUT2D eigenvalue weighted by Gasteiger charge is 2.33. The summed E-state index contributed by atoms with van der Waals surface area (Å²) in [5.74, 6) is 0.520. The molecule has 4 nitrogen and oxygen atoms in total. The Morgan fingerprint density at radius 2 is 1.80 bits per heavy atom. The molecule has 2 atom stereocenters. The summed E-state index contributed by atoms with van der Waals surface area (Å²) >= 11 is 0. The van der Waals surface area contributed by atoms with E-state index in [1.165, 1.54) is 0 Å². The van der Waals surface area contributed by atoms with E-state index >= 15 is 0 Å². The molecule has 1 heterocycles. The maximum absolute atomic E-state index is 12.4. The minimum atomic E-state index is 0. The number of hydrogen-bond donors (Lipinski definition) is 1. The molecule has 2 N–H and O–H groups in total. The van der Waals surface area contributed by atoms with Gasteiger partial charge in [0.25, 0.3) is 0 Å². The molecule has 0 aromatic carbocycles. The van der Waals surface area contributed by atoms with Crippen molar-refractivity contribution >= 4 is 30.7 Å². The van der Waals surface area contributed by atoms with E-state index in [9.17, 15) is 4.79 Å². The molecule has 120 valence electrons. The Morgan fingerprint density at radius 1 is 1.20 bits per heavy atom. The first-order chi connectivity index (χ1) is 8.61. The van der Waals surface area contributed by atoms with Gasteiger partial charge in [0.1, 0.15) is 0 Å². The Bertz CT molecular complexity index is 296. The molecule has 1 aliphatic heterocycles. The lowest BCUT2D eigenvalue weighted by atomic mass is 10.00. The average molecular weight is 326 g/mol. The van der Waals surface area contributed by atoms with E-state index in [0.29, 0.717) is 11.9 Å². The summed E-state index contributed by atoms with van der Waals surface area (Å²) in [6.07, 6.45) is 5.12. The summed E-state index contributed by atoms with van der Waals surface area (Å²) in [6, 6.07) is 0.686. The van der Waals surface area contributed by atoms with Gasteiger partial charge in [-0.2, -0.15) is 0 Å². The van der Waals surface area contributed by atoms with Gasteiger partial charge in [0, 0.05) is 38.1 Å². The van der Waals surface area contributed by atoms with Crippen molar-refractivity contribution in [1.29, 1.82) is 0 Å². The number of nitrogens with zero attached hydrogens (tertiary/aromatic N) is 2. The van der Waals surface area contributed by atoms with E-state index in [-0.39, 0.29) is 36.8 Å². The molecule has 0 aromatic rings. The number of rotatable bonds is 3. The van der Waals surface area contributed by atoms with Crippen LogP contribution in [0.4, 0.5) is 0 Å². The Balaban J connectivity index is 0.00000180. The van der Waals surface area contributed by atoms with Gasteiger partial charge >= 0.3 is 0 Å². The first-order valence-electron chi connectivity index (χ1n) is 7.36. The molecule has 2 aliphatic rings. The SMILES string of the molecule is CCN1CCC(N(C)C(=O)C2CCC(N)C2)CC1.Cl.Cl. The maximum Gasteiger partial charge on any atom is 0.225 e. The fraction of sp³-hybridized carbons (Fsp3) is 0.929. The summed E-state index contributed by atoms with van der Waals surface area (Å²) in [6.45, 7) is 5.59. The molecule has 2 rings (SSSR count). The van der Waals surface area contributed by atoms with Crippen LogP contribution in [0.2, 0.25) is 0 Å². The molecule has 2 fully saturated rings. The van der Waals surface area contributed by atoms with Crippen LogP contribution in [0.3, 0.4) is 0 Å². The molecule has 1 saturated carbocycles. The quantitative estimate of drug-likeness (QED) is 0.862. The predicted molar refractivity (Wildman–Crippen MR) is 87.7 cm³/mol. The smallest absolute Gasteiger partial charge is 0.225 e. The first kappa shape index (κ1) is 20.0. The van der Waals surface area contributed by atoms with Crippen molar-refractivity contribution in [2.24, 2.45) is 11.7 Å². The van der Waals surface area contributed by atoms with Crippen LogP contribution in [0.1, 0.15) is 39.0 Å². The standard InChI is InChI=1S/C14H27N3O.2ClH/c1-3-17-8-6-13(7-9-17)16(2)14(18)11-4-5-12(15)10-11;;/h11-13H,3-10,15H2,1-2H3;2*1H. The van der Waals surface area contributed by atoms with Crippen LogP contribution in [-0.4, -0.2) is 54.5 Å². The monoisotopic (exact) mass is 325 g/mol. The van der Waals surface area contributed by atoms with Gasteiger partial charge in [0.15, 0.2) is 0 Å². The van der Waals surface area contributed by atoms with Crippen molar-refractivity contribution in [3.63, 3.8) is 0 Å². The van der Waals surface area contributed by atoms with Gasteiger partial charge in [-0.15, -0.1) is 24.8 Å². The van der Waals surface area contributed by atoms with Crippen LogP contribution >= 0.6 is 24.8 Å². The van der Waals surface area contributed by atoms with Crippen LogP contribution < -0.4 is 5.73 Å². The van der Waals surface area contributed by atoms with Crippen molar-refractivity contribution in [3.8, 4) is 0 Å². The van der Waals surface area contributed by atoms with Gasteiger partial charge in [0.05, 0.1) is 0 Å². The van der Waals surface area contributed by atoms with Crippen molar-refractivity contribution in [2.75, 3.05) is 26.7 Å². The third-order valence-corrected chi connectivity index (χ3v) is 4.72. The van der Waals surface area contributed by atoms with Crippen LogP contribution in [-0.2, 0) is 4.79 Å². The second-order valence-corrected chi connectivity index (χ2v) is 5.88. The van der Waals surface area contributed by atoms with E-state index in [4.69, 9.17) is 5.73 Å². The van der Waals surface area contributed by atoms with E-state index in [1.807, 2.05) is 11.9 Å². The molecule has 2 unspecified atom stereocenters. The second-order valence-electron chi connectivity index (χ2n) is 5.88. The van der Waals surface area contributed by atoms with Gasteiger partial charge in [-0.25, -0.2) is 0 Å². The normalized spacial score (nSPS) is 27.6. The molecule has 20 heavy (non-hydrogen) atoms. The number of carbonyl (C=O) groups excluding carboxylic acids is 1. The summed E-state index contributed by atoms with van der Waals surface area (Å²) < 4.78 is 0. The highest BCUT2D eigenvalue weighted by molar-refractivity contribution is 5.85. The van der Waals surface area contributed by atoms with Crippen LogP contribution in [0.5, 0.6) is 0 Å². The highest BCUT2D eigenvalue weighted by atomic mass is 35.5. The lowest BCUT2D eigenvalue weighted by Gasteiger charge is -2.37. The zero-order chi connectivity index (χ0) is 13.1. The Hall–Kier alpha value is -0.0300. The molecule has 0 spiro atoms. The number of hydrogen-bond acceptors (Lipinski definition) is 3. The number of piperidine rings is 1. The topological polar surface area (TPSA) is 49.6 Å². The Labute approximate surface area is 135 Å². The van der Waals surface area contributed by atoms with Gasteiger partial charge < -0.3 is 15.5 Å². The fourth-order valence-electron chi connectivity index (χ4n) is 3.33. The van der Waals surface area contributed by atoms with Crippen molar-refractivity contribution in [2.45, 2.75) is 51.1 Å².